The van der Waals surface area contributed by atoms with Crippen LogP contribution in [0.15, 0.2) is 66.7 Å². The lowest BCUT2D eigenvalue weighted by molar-refractivity contribution is -0.121. The molecule has 0 spiro atoms. The van der Waals surface area contributed by atoms with Crippen LogP contribution in [0.2, 0.25) is 0 Å². The molecule has 0 bridgehead atoms. The minimum atomic E-state index is -0.251. The van der Waals surface area contributed by atoms with Gasteiger partial charge in [0.05, 0.1) is 44.3 Å². The number of unbranched alkanes of at least 4 members (excludes halogenated alkanes) is 1. The van der Waals surface area contributed by atoms with E-state index in [2.05, 4.69) is 41.9 Å². The lowest BCUT2D eigenvalue weighted by Gasteiger charge is -2.17. The van der Waals surface area contributed by atoms with Gasteiger partial charge in [0.1, 0.15) is 11.6 Å². The van der Waals surface area contributed by atoms with Crippen molar-refractivity contribution in [3.63, 3.8) is 0 Å². The number of rotatable bonds is 13. The van der Waals surface area contributed by atoms with Crippen molar-refractivity contribution in [1.29, 1.82) is 0 Å². The van der Waals surface area contributed by atoms with Crippen molar-refractivity contribution >= 4 is 16.9 Å². The smallest absolute Gasteiger partial charge is 0.224 e. The van der Waals surface area contributed by atoms with E-state index in [-0.39, 0.29) is 18.4 Å². The number of hydrogen-bond acceptors (Lipinski definition) is 5. The van der Waals surface area contributed by atoms with Gasteiger partial charge in [-0.05, 0) is 67.1 Å². The second-order valence-corrected chi connectivity index (χ2v) is 10.0. The van der Waals surface area contributed by atoms with Gasteiger partial charge in [-0.15, -0.1) is 0 Å². The molecule has 7 heteroatoms. The van der Waals surface area contributed by atoms with Crippen molar-refractivity contribution in [2.45, 2.75) is 58.5 Å². The summed E-state index contributed by atoms with van der Waals surface area (Å²) < 4.78 is 19.0. The Morgan fingerprint density at radius 3 is 2.41 bits per heavy atom. The Kier molecular flexibility index (Phi) is 9.47. The third-order valence-corrected chi connectivity index (χ3v) is 6.84. The van der Waals surface area contributed by atoms with Crippen LogP contribution in [0.1, 0.15) is 62.5 Å². The van der Waals surface area contributed by atoms with Crippen LogP contribution < -0.4 is 19.5 Å². The van der Waals surface area contributed by atoms with Gasteiger partial charge in [0, 0.05) is 6.54 Å². The predicted octanol–water partition coefficient (Wildman–Crippen LogP) is 6.46. The van der Waals surface area contributed by atoms with E-state index in [9.17, 15) is 4.79 Å². The second kappa shape index (κ2) is 13.2. The molecule has 3 aromatic carbocycles. The number of aromatic nitrogens is 2. The van der Waals surface area contributed by atoms with Gasteiger partial charge in [0.25, 0.3) is 0 Å². The van der Waals surface area contributed by atoms with Crippen LogP contribution in [0.3, 0.4) is 0 Å². The van der Waals surface area contributed by atoms with E-state index in [4.69, 9.17) is 19.2 Å². The molecule has 39 heavy (non-hydrogen) atoms. The van der Waals surface area contributed by atoms with Crippen molar-refractivity contribution in [2.75, 3.05) is 20.8 Å². The van der Waals surface area contributed by atoms with Crippen molar-refractivity contribution in [3.8, 4) is 17.2 Å². The number of nitrogens with zero attached hydrogens (tertiary/aromatic N) is 2. The SMILES string of the molecule is COc1ccc(CC(=O)NC(C)c2nc3ccccc3n2CCCCOc2ccccc2C(C)C)cc1OC. The highest BCUT2D eigenvalue weighted by Gasteiger charge is 2.19. The number of para-hydroxylation sites is 3. The zero-order valence-electron chi connectivity index (χ0n) is 23.6. The number of nitrogens with one attached hydrogen (secondary N) is 1. The van der Waals surface area contributed by atoms with Crippen LogP contribution in [0.5, 0.6) is 17.2 Å². The minimum Gasteiger partial charge on any atom is -0.493 e. The number of imidazole rings is 1. The fourth-order valence-electron chi connectivity index (χ4n) is 4.84. The Morgan fingerprint density at radius 1 is 0.897 bits per heavy atom. The summed E-state index contributed by atoms with van der Waals surface area (Å²) in [7, 11) is 3.18. The third kappa shape index (κ3) is 6.91. The fourth-order valence-corrected chi connectivity index (χ4v) is 4.84. The summed E-state index contributed by atoms with van der Waals surface area (Å²) >= 11 is 0. The molecular formula is C32H39N3O4. The van der Waals surface area contributed by atoms with Crippen LogP contribution in [-0.2, 0) is 17.8 Å². The topological polar surface area (TPSA) is 74.6 Å². The molecule has 7 nitrogen and oxygen atoms in total. The van der Waals surface area contributed by atoms with E-state index >= 15 is 0 Å². The van der Waals surface area contributed by atoms with E-state index in [1.54, 1.807) is 14.2 Å². The monoisotopic (exact) mass is 529 g/mol. The number of hydrogen-bond donors (Lipinski definition) is 1. The van der Waals surface area contributed by atoms with Gasteiger partial charge in [-0.1, -0.05) is 50.2 Å². The molecule has 1 amide bonds. The van der Waals surface area contributed by atoms with Crippen LogP contribution in [0, 0.1) is 0 Å². The van der Waals surface area contributed by atoms with Crippen molar-refractivity contribution < 1.29 is 19.0 Å². The van der Waals surface area contributed by atoms with Gasteiger partial charge in [0.2, 0.25) is 5.91 Å². The molecule has 0 aliphatic rings. The average molecular weight is 530 g/mol. The van der Waals surface area contributed by atoms with Gasteiger partial charge in [-0.2, -0.15) is 0 Å². The van der Waals surface area contributed by atoms with Gasteiger partial charge in [0.15, 0.2) is 11.5 Å². The number of ether oxygens (including phenoxy) is 3. The lowest BCUT2D eigenvalue weighted by Crippen LogP contribution is -2.30. The van der Waals surface area contributed by atoms with Crippen molar-refractivity contribution in [1.82, 2.24) is 14.9 Å². The first kappa shape index (κ1) is 28.0. The normalized spacial score (nSPS) is 11.9. The first-order valence-corrected chi connectivity index (χ1v) is 13.6. The number of carbonyl (C=O) groups excluding carboxylic acids is 1. The van der Waals surface area contributed by atoms with E-state index in [1.807, 2.05) is 55.5 Å². The molecule has 1 atom stereocenters. The molecule has 0 fully saturated rings. The number of aryl methyl sites for hydroxylation is 1. The van der Waals surface area contributed by atoms with Crippen LogP contribution >= 0.6 is 0 Å². The Morgan fingerprint density at radius 2 is 1.64 bits per heavy atom. The maximum Gasteiger partial charge on any atom is 0.224 e. The summed E-state index contributed by atoms with van der Waals surface area (Å²) in [5, 5.41) is 3.13. The number of methoxy groups -OCH3 is 2. The highest BCUT2D eigenvalue weighted by molar-refractivity contribution is 5.80. The quantitative estimate of drug-likeness (QED) is 0.201. The Balaban J connectivity index is 1.39. The Labute approximate surface area is 231 Å². The predicted molar refractivity (Wildman–Crippen MR) is 155 cm³/mol. The number of amides is 1. The number of benzene rings is 3. The summed E-state index contributed by atoms with van der Waals surface area (Å²) in [6, 6.07) is 21.6. The molecule has 0 saturated carbocycles. The van der Waals surface area contributed by atoms with Gasteiger partial charge in [-0.25, -0.2) is 4.98 Å². The summed E-state index contributed by atoms with van der Waals surface area (Å²) in [5.74, 6) is 3.40. The maximum atomic E-state index is 12.9. The van der Waals surface area contributed by atoms with Crippen molar-refractivity contribution in [3.05, 3.63) is 83.7 Å². The van der Waals surface area contributed by atoms with E-state index in [0.717, 1.165) is 47.6 Å². The molecule has 4 rings (SSSR count). The van der Waals surface area contributed by atoms with Gasteiger partial charge >= 0.3 is 0 Å². The highest BCUT2D eigenvalue weighted by Crippen LogP contribution is 2.28. The fraction of sp³-hybridized carbons (Fsp3) is 0.375. The second-order valence-electron chi connectivity index (χ2n) is 10.0. The molecule has 0 aliphatic carbocycles. The van der Waals surface area contributed by atoms with Crippen LogP contribution in [0.25, 0.3) is 11.0 Å². The van der Waals surface area contributed by atoms with Crippen LogP contribution in [0.4, 0.5) is 0 Å². The average Bonchev–Trinajstić information content (AvgIpc) is 3.31. The van der Waals surface area contributed by atoms with Crippen molar-refractivity contribution in [2.24, 2.45) is 0 Å². The summed E-state index contributed by atoms with van der Waals surface area (Å²) in [5.41, 5.74) is 4.08. The third-order valence-electron chi connectivity index (χ3n) is 6.84. The summed E-state index contributed by atoms with van der Waals surface area (Å²) in [6.07, 6.45) is 2.09. The summed E-state index contributed by atoms with van der Waals surface area (Å²) in [6.45, 7) is 7.80. The Bertz CT molecular complexity index is 1400. The molecule has 0 aliphatic heterocycles. The van der Waals surface area contributed by atoms with Gasteiger partial charge < -0.3 is 24.1 Å². The van der Waals surface area contributed by atoms with Crippen LogP contribution in [-0.4, -0.2) is 36.3 Å². The first-order valence-electron chi connectivity index (χ1n) is 13.6. The highest BCUT2D eigenvalue weighted by atomic mass is 16.5. The molecular weight excluding hydrogens is 490 g/mol. The molecule has 1 heterocycles. The minimum absolute atomic E-state index is 0.0782. The summed E-state index contributed by atoms with van der Waals surface area (Å²) in [4.78, 5) is 17.8. The van der Waals surface area contributed by atoms with E-state index in [0.29, 0.717) is 24.0 Å². The zero-order valence-corrected chi connectivity index (χ0v) is 23.6. The first-order chi connectivity index (χ1) is 18.9. The molecule has 0 saturated heterocycles. The van der Waals surface area contributed by atoms with Gasteiger partial charge in [-0.3, -0.25) is 4.79 Å². The molecule has 1 unspecified atom stereocenters. The standard InChI is InChI=1S/C32H39N3O4/c1-22(2)25-12-6-9-15-28(25)39-19-11-10-18-35-27-14-8-7-13-26(27)34-32(35)23(3)33-31(36)21-24-16-17-29(37-4)30(20-24)38-5/h6-9,12-17,20,22-23H,10-11,18-19,21H2,1-5H3,(H,33,36). The lowest BCUT2D eigenvalue weighted by atomic mass is 10.0. The maximum absolute atomic E-state index is 12.9. The number of carbonyl (C=O) groups is 1. The largest absolute Gasteiger partial charge is 0.493 e. The Hall–Kier alpha value is -4.00. The molecule has 1 aromatic heterocycles. The molecule has 1 N–H and O–H groups in total. The molecule has 0 radical (unpaired) electrons. The zero-order chi connectivity index (χ0) is 27.8. The number of fused-ring (bicyclic) bond motifs is 1. The molecule has 4 aromatic rings. The van der Waals surface area contributed by atoms with E-state index in [1.165, 1.54) is 5.56 Å². The molecule has 206 valence electrons. The van der Waals surface area contributed by atoms with E-state index < -0.39 is 0 Å².